The van der Waals surface area contributed by atoms with Gasteiger partial charge < -0.3 is 11.1 Å². The Morgan fingerprint density at radius 2 is 2.00 bits per heavy atom. The Kier molecular flexibility index (Phi) is 3.57. The van der Waals surface area contributed by atoms with E-state index >= 15 is 0 Å². The molecule has 0 radical (unpaired) electrons. The van der Waals surface area contributed by atoms with Crippen molar-refractivity contribution < 1.29 is 0 Å². The van der Waals surface area contributed by atoms with E-state index in [1.165, 1.54) is 47.9 Å². The Bertz CT molecular complexity index is 396. The van der Waals surface area contributed by atoms with E-state index in [9.17, 15) is 0 Å². The van der Waals surface area contributed by atoms with Crippen LogP contribution in [0.15, 0.2) is 9.85 Å². The molecule has 0 spiro atoms. The molecular weight excluding hydrogens is 296 g/mol. The molecule has 1 fully saturated rings. The van der Waals surface area contributed by atoms with Crippen molar-refractivity contribution in [2.45, 2.75) is 56.7 Å². The van der Waals surface area contributed by atoms with E-state index in [-0.39, 0.29) is 0 Å². The molecule has 1 aromatic heterocycles. The zero-order valence-electron chi connectivity index (χ0n) is 9.92. The fraction of sp³-hybridized carbons (Fsp3) is 0.692. The molecule has 3 N–H and O–H groups in total. The number of rotatable bonds is 2. The Morgan fingerprint density at radius 1 is 1.24 bits per heavy atom. The van der Waals surface area contributed by atoms with Crippen molar-refractivity contribution in [1.29, 1.82) is 0 Å². The number of halogens is 1. The molecule has 1 heterocycles. The monoisotopic (exact) mass is 314 g/mol. The molecule has 94 valence electrons. The predicted octanol–water partition coefficient (Wildman–Crippen LogP) is 3.36. The lowest BCUT2D eigenvalue weighted by Crippen LogP contribution is -2.38. The topological polar surface area (TPSA) is 38.0 Å². The minimum Gasteiger partial charge on any atom is -0.328 e. The predicted molar refractivity (Wildman–Crippen MR) is 76.4 cm³/mol. The Balaban J connectivity index is 1.63. The van der Waals surface area contributed by atoms with Crippen molar-refractivity contribution in [3.8, 4) is 0 Å². The molecule has 3 rings (SSSR count). The van der Waals surface area contributed by atoms with Crippen LogP contribution in [0.5, 0.6) is 0 Å². The first-order chi connectivity index (χ1) is 8.22. The summed E-state index contributed by atoms with van der Waals surface area (Å²) in [5, 5.41) is 3.84. The summed E-state index contributed by atoms with van der Waals surface area (Å²) in [4.78, 5) is 1.57. The lowest BCUT2D eigenvalue weighted by atomic mass is 9.91. The molecule has 4 heteroatoms. The summed E-state index contributed by atoms with van der Waals surface area (Å²) in [6, 6.07) is 4.03. The van der Waals surface area contributed by atoms with Gasteiger partial charge in [0.1, 0.15) is 0 Å². The Hall–Kier alpha value is 0.100. The van der Waals surface area contributed by atoms with Gasteiger partial charge in [0.05, 0.1) is 3.79 Å². The largest absolute Gasteiger partial charge is 0.328 e. The lowest BCUT2D eigenvalue weighted by Gasteiger charge is -2.29. The molecule has 2 aliphatic carbocycles. The molecule has 1 atom stereocenters. The van der Waals surface area contributed by atoms with E-state index in [1.807, 2.05) is 11.3 Å². The number of hydrogen-bond acceptors (Lipinski definition) is 3. The highest BCUT2D eigenvalue weighted by atomic mass is 79.9. The molecule has 17 heavy (non-hydrogen) atoms. The Labute approximate surface area is 115 Å². The summed E-state index contributed by atoms with van der Waals surface area (Å²) in [5.41, 5.74) is 7.49. The van der Waals surface area contributed by atoms with E-state index in [0.29, 0.717) is 18.1 Å². The zero-order chi connectivity index (χ0) is 11.8. The van der Waals surface area contributed by atoms with Crippen LogP contribution in [0, 0.1) is 0 Å². The maximum absolute atomic E-state index is 5.95. The lowest BCUT2D eigenvalue weighted by molar-refractivity contribution is 0.315. The van der Waals surface area contributed by atoms with E-state index in [4.69, 9.17) is 5.73 Å². The minimum atomic E-state index is 0.447. The van der Waals surface area contributed by atoms with Crippen molar-refractivity contribution in [2.75, 3.05) is 0 Å². The smallest absolute Gasteiger partial charge is 0.0704 e. The van der Waals surface area contributed by atoms with Crippen LogP contribution in [0.3, 0.4) is 0 Å². The van der Waals surface area contributed by atoms with E-state index in [1.54, 1.807) is 4.88 Å². The van der Waals surface area contributed by atoms with Crippen LogP contribution >= 0.6 is 27.3 Å². The van der Waals surface area contributed by atoms with Gasteiger partial charge in [-0.25, -0.2) is 0 Å². The van der Waals surface area contributed by atoms with Crippen LogP contribution in [0.2, 0.25) is 0 Å². The van der Waals surface area contributed by atoms with Gasteiger partial charge in [-0.1, -0.05) is 0 Å². The van der Waals surface area contributed by atoms with E-state index < -0.39 is 0 Å². The highest BCUT2D eigenvalue weighted by Gasteiger charge is 2.28. The molecule has 1 aromatic rings. The standard InChI is InChI=1S/C13H19BrN2S/c14-13-7-10-11(5-6-12(10)17-13)16-9-3-1-8(15)2-4-9/h7-9,11,16H,1-6,15H2. The van der Waals surface area contributed by atoms with Crippen LogP contribution in [0.25, 0.3) is 0 Å². The highest BCUT2D eigenvalue weighted by molar-refractivity contribution is 9.11. The fourth-order valence-corrected chi connectivity index (χ4v) is 4.87. The van der Waals surface area contributed by atoms with Crippen LogP contribution in [0.4, 0.5) is 0 Å². The van der Waals surface area contributed by atoms with Gasteiger partial charge in [-0.05, 0) is 66.1 Å². The van der Waals surface area contributed by atoms with Crippen molar-refractivity contribution in [1.82, 2.24) is 5.32 Å². The Morgan fingerprint density at radius 3 is 2.76 bits per heavy atom. The van der Waals surface area contributed by atoms with Gasteiger partial charge in [-0.3, -0.25) is 0 Å². The number of aryl methyl sites for hydroxylation is 1. The third-order valence-electron chi connectivity index (χ3n) is 4.06. The normalized spacial score (nSPS) is 32.7. The van der Waals surface area contributed by atoms with Crippen molar-refractivity contribution >= 4 is 27.3 Å². The molecule has 2 aliphatic rings. The van der Waals surface area contributed by atoms with Crippen LogP contribution in [-0.2, 0) is 6.42 Å². The van der Waals surface area contributed by atoms with E-state index in [0.717, 1.165) is 0 Å². The summed E-state index contributed by atoms with van der Waals surface area (Å²) < 4.78 is 1.28. The summed E-state index contributed by atoms with van der Waals surface area (Å²) in [6.07, 6.45) is 7.39. The molecule has 0 aromatic carbocycles. The van der Waals surface area contributed by atoms with Crippen molar-refractivity contribution in [3.05, 3.63) is 20.3 Å². The molecule has 0 amide bonds. The summed E-state index contributed by atoms with van der Waals surface area (Å²) in [7, 11) is 0. The summed E-state index contributed by atoms with van der Waals surface area (Å²) in [5.74, 6) is 0. The number of nitrogens with one attached hydrogen (secondary N) is 1. The number of fused-ring (bicyclic) bond motifs is 1. The van der Waals surface area contributed by atoms with Crippen LogP contribution in [0.1, 0.15) is 48.6 Å². The van der Waals surface area contributed by atoms with Crippen molar-refractivity contribution in [3.63, 3.8) is 0 Å². The van der Waals surface area contributed by atoms with Gasteiger partial charge in [0.25, 0.3) is 0 Å². The molecule has 0 aliphatic heterocycles. The van der Waals surface area contributed by atoms with Gasteiger partial charge >= 0.3 is 0 Å². The SMILES string of the molecule is NC1CCC(NC2CCc3sc(Br)cc32)CC1. The molecule has 2 nitrogen and oxygen atoms in total. The fourth-order valence-electron chi connectivity index (χ4n) is 3.07. The summed E-state index contributed by atoms with van der Waals surface area (Å²) >= 11 is 5.49. The first-order valence-corrected chi connectivity index (χ1v) is 8.13. The van der Waals surface area contributed by atoms with Gasteiger partial charge in [0, 0.05) is 23.0 Å². The molecular formula is C13H19BrN2S. The van der Waals surface area contributed by atoms with Gasteiger partial charge in [0.15, 0.2) is 0 Å². The first kappa shape index (κ1) is 12.2. The van der Waals surface area contributed by atoms with Crippen molar-refractivity contribution in [2.24, 2.45) is 5.73 Å². The van der Waals surface area contributed by atoms with E-state index in [2.05, 4.69) is 27.3 Å². The number of nitrogens with two attached hydrogens (primary N) is 1. The third-order valence-corrected chi connectivity index (χ3v) is 5.77. The second-order valence-corrected chi connectivity index (χ2v) is 7.81. The quantitative estimate of drug-likeness (QED) is 0.878. The number of hydrogen-bond donors (Lipinski definition) is 2. The second kappa shape index (κ2) is 5.00. The third kappa shape index (κ3) is 2.60. The minimum absolute atomic E-state index is 0.447. The van der Waals surface area contributed by atoms with Crippen LogP contribution in [-0.4, -0.2) is 12.1 Å². The molecule has 0 saturated heterocycles. The average molecular weight is 315 g/mol. The molecule has 0 bridgehead atoms. The van der Waals surface area contributed by atoms with Gasteiger partial charge in [-0.15, -0.1) is 11.3 Å². The zero-order valence-corrected chi connectivity index (χ0v) is 12.3. The maximum atomic E-state index is 5.95. The number of thiophene rings is 1. The highest BCUT2D eigenvalue weighted by Crippen LogP contribution is 2.40. The maximum Gasteiger partial charge on any atom is 0.0704 e. The first-order valence-electron chi connectivity index (χ1n) is 6.52. The molecule has 1 unspecified atom stereocenters. The second-order valence-electron chi connectivity index (χ2n) is 5.30. The summed E-state index contributed by atoms with van der Waals surface area (Å²) in [6.45, 7) is 0. The van der Waals surface area contributed by atoms with Crippen LogP contribution < -0.4 is 11.1 Å². The van der Waals surface area contributed by atoms with Gasteiger partial charge in [0.2, 0.25) is 0 Å². The molecule has 1 saturated carbocycles. The van der Waals surface area contributed by atoms with Gasteiger partial charge in [-0.2, -0.15) is 0 Å². The average Bonchev–Trinajstić information content (AvgIpc) is 2.83.